The number of aromatic hydroxyl groups is 1. The number of carbonyl (C=O) groups excluding carboxylic acids is 2. The Morgan fingerprint density at radius 2 is 1.94 bits per heavy atom. The van der Waals surface area contributed by atoms with Crippen LogP contribution in [0.2, 0.25) is 0 Å². The highest BCUT2D eigenvalue weighted by Gasteiger charge is 2.39. The molecule has 1 saturated heterocycles. The van der Waals surface area contributed by atoms with E-state index in [4.69, 9.17) is 18.6 Å². The van der Waals surface area contributed by atoms with Gasteiger partial charge in [0.15, 0.2) is 5.78 Å². The van der Waals surface area contributed by atoms with Crippen molar-refractivity contribution in [1.82, 2.24) is 0 Å². The van der Waals surface area contributed by atoms with Crippen LogP contribution in [0.5, 0.6) is 11.5 Å². The summed E-state index contributed by atoms with van der Waals surface area (Å²) in [6.45, 7) is 1.48. The number of rotatable bonds is 8. The number of Topliss-reactive ketones (excluding diaryl/α,β-unsaturated/α-hetero) is 1. The number of furan rings is 1. The lowest BCUT2D eigenvalue weighted by atomic mass is 9.99. The molecule has 0 amide bonds. The van der Waals surface area contributed by atoms with Crippen molar-refractivity contribution in [2.24, 2.45) is 0 Å². The zero-order valence-electron chi connectivity index (χ0n) is 19.9. The van der Waals surface area contributed by atoms with E-state index in [1.165, 1.54) is 6.07 Å². The maximum Gasteiger partial charge on any atom is 0.508 e. The molecule has 10 heteroatoms. The van der Waals surface area contributed by atoms with E-state index < -0.39 is 30.8 Å². The highest BCUT2D eigenvalue weighted by molar-refractivity contribution is 6.01. The van der Waals surface area contributed by atoms with Gasteiger partial charge in [-0.3, -0.25) is 4.79 Å². The second-order valence-corrected chi connectivity index (χ2v) is 8.68. The number of phenolic OH excluding ortho intramolecular Hbond substituents is 1. The second-order valence-electron chi connectivity index (χ2n) is 8.68. The molecule has 10 nitrogen and oxygen atoms in total. The van der Waals surface area contributed by atoms with Crippen molar-refractivity contribution in [3.8, 4) is 11.5 Å². The SMILES string of the molecule is COC(=O)OC[C@@H]1C[C@H](O)[C@@H](O)C(Oc2cc(C)cc(O)c2C(=O)CCc2ccc3occc3c2)O1. The predicted molar refractivity (Wildman–Crippen MR) is 126 cm³/mol. The molecule has 0 bridgehead atoms. The summed E-state index contributed by atoms with van der Waals surface area (Å²) in [6, 6.07) is 10.5. The number of ether oxygens (including phenoxy) is 4. The fraction of sp³-hybridized carbons (Fsp3) is 0.385. The number of aliphatic hydroxyl groups is 2. The third-order valence-electron chi connectivity index (χ3n) is 5.96. The molecule has 2 aromatic carbocycles. The lowest BCUT2D eigenvalue weighted by Gasteiger charge is -2.36. The monoisotopic (exact) mass is 500 g/mol. The number of methoxy groups -OCH3 is 1. The van der Waals surface area contributed by atoms with Gasteiger partial charge >= 0.3 is 6.16 Å². The Balaban J connectivity index is 1.50. The van der Waals surface area contributed by atoms with Crippen molar-refractivity contribution >= 4 is 22.9 Å². The Morgan fingerprint density at radius 3 is 2.72 bits per heavy atom. The second kappa shape index (κ2) is 11.0. The minimum Gasteiger partial charge on any atom is -0.507 e. The van der Waals surface area contributed by atoms with Crippen LogP contribution in [0.4, 0.5) is 4.79 Å². The Labute approximate surface area is 206 Å². The minimum absolute atomic E-state index is 0.00794. The molecule has 1 aromatic heterocycles. The number of phenols is 1. The maximum atomic E-state index is 13.2. The van der Waals surface area contributed by atoms with Gasteiger partial charge in [0.2, 0.25) is 6.29 Å². The van der Waals surface area contributed by atoms with Gasteiger partial charge < -0.3 is 38.7 Å². The number of carbonyl (C=O) groups is 2. The fourth-order valence-electron chi connectivity index (χ4n) is 4.13. The first-order valence-electron chi connectivity index (χ1n) is 11.5. The van der Waals surface area contributed by atoms with E-state index in [9.17, 15) is 24.9 Å². The van der Waals surface area contributed by atoms with Crippen molar-refractivity contribution in [2.75, 3.05) is 13.7 Å². The number of fused-ring (bicyclic) bond motifs is 1. The molecular weight excluding hydrogens is 472 g/mol. The number of hydrogen-bond acceptors (Lipinski definition) is 10. The van der Waals surface area contributed by atoms with Crippen molar-refractivity contribution in [2.45, 2.75) is 50.8 Å². The summed E-state index contributed by atoms with van der Waals surface area (Å²) >= 11 is 0. The summed E-state index contributed by atoms with van der Waals surface area (Å²) in [5.41, 5.74) is 2.23. The number of hydrogen-bond donors (Lipinski definition) is 3. The standard InChI is InChI=1S/C26H28O10/c1-14-9-19(28)23(18(27)5-3-15-4-6-21-16(11-15)7-8-33-21)22(10-14)36-25-24(30)20(29)12-17(35-25)13-34-26(31)32-2/h4,6-11,17,20,24-25,28-30H,3,5,12-13H2,1-2H3/t17-,20-,24+,25?/m0/s1. The highest BCUT2D eigenvalue weighted by Crippen LogP contribution is 2.34. The number of aryl methyl sites for hydroxylation is 2. The average Bonchev–Trinajstić information content (AvgIpc) is 3.31. The molecule has 4 rings (SSSR count). The van der Waals surface area contributed by atoms with Crippen LogP contribution in [0.1, 0.15) is 34.3 Å². The fourth-order valence-corrected chi connectivity index (χ4v) is 4.13. The van der Waals surface area contributed by atoms with E-state index >= 15 is 0 Å². The highest BCUT2D eigenvalue weighted by atomic mass is 16.7. The van der Waals surface area contributed by atoms with Crippen molar-refractivity contribution < 1.29 is 48.3 Å². The van der Waals surface area contributed by atoms with Gasteiger partial charge in [0.25, 0.3) is 0 Å². The van der Waals surface area contributed by atoms with Crippen LogP contribution in [0.15, 0.2) is 47.1 Å². The van der Waals surface area contributed by atoms with Crippen LogP contribution in [0.3, 0.4) is 0 Å². The predicted octanol–water partition coefficient (Wildman–Crippen LogP) is 3.26. The summed E-state index contributed by atoms with van der Waals surface area (Å²) in [6.07, 6.45) is -3.66. The van der Waals surface area contributed by atoms with Crippen LogP contribution in [-0.4, -0.2) is 65.6 Å². The van der Waals surface area contributed by atoms with Gasteiger partial charge in [-0.05, 0) is 54.8 Å². The van der Waals surface area contributed by atoms with Gasteiger partial charge in [-0.25, -0.2) is 4.79 Å². The van der Waals surface area contributed by atoms with Gasteiger partial charge in [-0.1, -0.05) is 6.07 Å². The van der Waals surface area contributed by atoms with Gasteiger partial charge in [0.05, 0.1) is 25.6 Å². The molecule has 3 N–H and O–H groups in total. The molecule has 0 saturated carbocycles. The molecule has 0 radical (unpaired) electrons. The molecule has 36 heavy (non-hydrogen) atoms. The molecule has 2 heterocycles. The minimum atomic E-state index is -1.44. The van der Waals surface area contributed by atoms with Gasteiger partial charge in [0.1, 0.15) is 35.4 Å². The molecule has 192 valence electrons. The zero-order valence-corrected chi connectivity index (χ0v) is 19.9. The Bertz CT molecular complexity index is 1230. The van der Waals surface area contributed by atoms with Crippen LogP contribution >= 0.6 is 0 Å². The Kier molecular flexibility index (Phi) is 7.78. The first-order valence-corrected chi connectivity index (χ1v) is 11.5. The van der Waals surface area contributed by atoms with Gasteiger partial charge in [-0.15, -0.1) is 0 Å². The van der Waals surface area contributed by atoms with E-state index in [0.717, 1.165) is 23.6 Å². The summed E-state index contributed by atoms with van der Waals surface area (Å²) in [5.74, 6) is -0.628. The normalized spacial score (nSPS) is 21.8. The number of ketones is 1. The molecule has 0 aliphatic carbocycles. The van der Waals surface area contributed by atoms with Crippen LogP contribution < -0.4 is 4.74 Å². The van der Waals surface area contributed by atoms with Crippen LogP contribution in [0.25, 0.3) is 11.0 Å². The average molecular weight is 501 g/mol. The largest absolute Gasteiger partial charge is 0.508 e. The third-order valence-corrected chi connectivity index (χ3v) is 5.96. The lowest BCUT2D eigenvalue weighted by Crippen LogP contribution is -2.52. The third kappa shape index (κ3) is 5.78. The first kappa shape index (κ1) is 25.5. The van der Waals surface area contributed by atoms with E-state index in [1.807, 2.05) is 24.3 Å². The van der Waals surface area contributed by atoms with Crippen molar-refractivity contribution in [1.29, 1.82) is 0 Å². The van der Waals surface area contributed by atoms with Crippen LogP contribution in [0, 0.1) is 6.92 Å². The van der Waals surface area contributed by atoms with E-state index in [-0.39, 0.29) is 42.3 Å². The lowest BCUT2D eigenvalue weighted by molar-refractivity contribution is -0.241. The van der Waals surface area contributed by atoms with E-state index in [1.54, 1.807) is 19.3 Å². The molecule has 1 aliphatic heterocycles. The first-order chi connectivity index (χ1) is 17.2. The van der Waals surface area contributed by atoms with Crippen LogP contribution in [-0.2, 0) is 20.6 Å². The Hall–Kier alpha value is -3.60. The smallest absolute Gasteiger partial charge is 0.507 e. The molecular formula is C26H28O10. The summed E-state index contributed by atoms with van der Waals surface area (Å²) in [5, 5.41) is 32.2. The molecule has 0 spiro atoms. The topological polar surface area (TPSA) is 145 Å². The summed E-state index contributed by atoms with van der Waals surface area (Å²) in [7, 11) is 1.16. The van der Waals surface area contributed by atoms with Crippen molar-refractivity contribution in [3.05, 3.63) is 59.4 Å². The Morgan fingerprint density at radius 1 is 1.14 bits per heavy atom. The van der Waals surface area contributed by atoms with E-state index in [2.05, 4.69) is 4.74 Å². The number of aliphatic hydroxyl groups excluding tert-OH is 2. The van der Waals surface area contributed by atoms with Gasteiger partial charge in [-0.2, -0.15) is 0 Å². The quantitative estimate of drug-likeness (QED) is 0.311. The maximum absolute atomic E-state index is 13.2. The molecule has 4 atom stereocenters. The molecule has 1 unspecified atom stereocenters. The van der Waals surface area contributed by atoms with Gasteiger partial charge in [0, 0.05) is 18.2 Å². The van der Waals surface area contributed by atoms with Crippen molar-refractivity contribution in [3.63, 3.8) is 0 Å². The molecule has 3 aromatic rings. The molecule has 1 aliphatic rings. The van der Waals surface area contributed by atoms with E-state index in [0.29, 0.717) is 12.0 Å². The summed E-state index contributed by atoms with van der Waals surface area (Å²) < 4.78 is 26.1. The number of benzene rings is 2. The zero-order chi connectivity index (χ0) is 25.8. The molecule has 1 fully saturated rings. The summed E-state index contributed by atoms with van der Waals surface area (Å²) in [4.78, 5) is 24.4.